The third-order valence-corrected chi connectivity index (χ3v) is 8.85. The van der Waals surface area contributed by atoms with Crippen LogP contribution in [0.4, 0.5) is 45.7 Å². The van der Waals surface area contributed by atoms with Gasteiger partial charge in [-0.3, -0.25) is 24.6 Å². The fourth-order valence-electron chi connectivity index (χ4n) is 5.62. The lowest BCUT2D eigenvalue weighted by atomic mass is 9.90. The van der Waals surface area contributed by atoms with Crippen molar-refractivity contribution in [2.24, 2.45) is 5.41 Å². The standard InChI is InChI=1S/C35H39ClF8N6O7/c1-30(2,3)57-24(51)14-31(4,5)18-54-11-12-55-29(53)56-19-49(32(17-45)9-10-32)28(52)22-13-20(7-8-23(22)36)21-15-48(6)50(16-21)27-25(34(39,40)41)26(46-47-27)33(37,38)35(42,43)44/h7-8,13,16H,9-12,14-15,18-19H2,1-6H3,(H,46,47). The van der Waals surface area contributed by atoms with Crippen LogP contribution in [0.1, 0.15) is 81.1 Å². The lowest BCUT2D eigenvalue weighted by Crippen LogP contribution is -2.43. The molecule has 57 heavy (non-hydrogen) atoms. The molecule has 1 fully saturated rings. The van der Waals surface area contributed by atoms with Crippen molar-refractivity contribution < 1.29 is 68.5 Å². The smallest absolute Gasteiger partial charge is 0.460 e. The van der Waals surface area contributed by atoms with E-state index in [1.165, 1.54) is 30.3 Å². The number of nitriles is 1. The summed E-state index contributed by atoms with van der Waals surface area (Å²) in [5.74, 6) is -8.50. The van der Waals surface area contributed by atoms with Crippen LogP contribution in [-0.2, 0) is 35.8 Å². The summed E-state index contributed by atoms with van der Waals surface area (Å²) in [5, 5.41) is 15.8. The summed E-state index contributed by atoms with van der Waals surface area (Å²) in [6.45, 7) is 7.63. The Bertz CT molecular complexity index is 1920. The Kier molecular flexibility index (Phi) is 12.9. The van der Waals surface area contributed by atoms with Crippen LogP contribution in [0.15, 0.2) is 24.4 Å². The Labute approximate surface area is 326 Å². The number of likely N-dealkylation sites (N-methyl/N-ethyl adjacent to an activating group) is 1. The van der Waals surface area contributed by atoms with Gasteiger partial charge in [-0.15, -0.1) is 0 Å². The number of ether oxygens (including phenoxy) is 4. The largest absolute Gasteiger partial charge is 0.510 e. The Hall–Kier alpha value is -4.68. The quantitative estimate of drug-likeness (QED) is 0.0858. The van der Waals surface area contributed by atoms with Crippen LogP contribution in [-0.4, -0.2) is 95.6 Å². The van der Waals surface area contributed by atoms with Gasteiger partial charge in [0.05, 0.1) is 36.3 Å². The number of rotatable bonds is 14. The molecule has 0 spiro atoms. The Morgan fingerprint density at radius 2 is 1.67 bits per heavy atom. The number of benzene rings is 1. The van der Waals surface area contributed by atoms with Gasteiger partial charge in [-0.25, -0.2) is 9.80 Å². The summed E-state index contributed by atoms with van der Waals surface area (Å²) >= 11 is 6.37. The highest BCUT2D eigenvalue weighted by atomic mass is 35.5. The minimum absolute atomic E-state index is 0.0681. The second-order valence-electron chi connectivity index (χ2n) is 15.1. The van der Waals surface area contributed by atoms with Crippen molar-refractivity contribution in [2.75, 3.05) is 45.2 Å². The maximum absolute atomic E-state index is 14.2. The fourth-order valence-corrected chi connectivity index (χ4v) is 5.81. The number of hydrazine groups is 1. The van der Waals surface area contributed by atoms with Crippen LogP contribution in [0.2, 0.25) is 5.02 Å². The number of hydrogen-bond acceptors (Lipinski definition) is 11. The van der Waals surface area contributed by atoms with Crippen molar-refractivity contribution in [1.82, 2.24) is 20.1 Å². The van der Waals surface area contributed by atoms with Crippen LogP contribution in [0.25, 0.3) is 5.57 Å². The van der Waals surface area contributed by atoms with Gasteiger partial charge in [0.1, 0.15) is 29.0 Å². The van der Waals surface area contributed by atoms with Gasteiger partial charge < -0.3 is 18.9 Å². The lowest BCUT2D eigenvalue weighted by Gasteiger charge is -2.27. The first-order chi connectivity index (χ1) is 26.1. The van der Waals surface area contributed by atoms with Gasteiger partial charge in [0.2, 0.25) is 0 Å². The van der Waals surface area contributed by atoms with Gasteiger partial charge in [-0.05, 0) is 62.3 Å². The summed E-state index contributed by atoms with van der Waals surface area (Å²) in [4.78, 5) is 39.4. The molecular formula is C35H39ClF8N6O7. The van der Waals surface area contributed by atoms with Crippen molar-refractivity contribution >= 4 is 41.0 Å². The molecule has 1 aromatic carbocycles. The zero-order chi connectivity index (χ0) is 42.9. The molecule has 314 valence electrons. The predicted molar refractivity (Wildman–Crippen MR) is 184 cm³/mol. The highest BCUT2D eigenvalue weighted by Gasteiger charge is 2.63. The number of nitrogens with one attached hydrogen (secondary N) is 1. The molecule has 0 radical (unpaired) electrons. The number of esters is 1. The Morgan fingerprint density at radius 3 is 2.23 bits per heavy atom. The van der Waals surface area contributed by atoms with Crippen LogP contribution >= 0.6 is 11.6 Å². The number of halogens is 9. The van der Waals surface area contributed by atoms with Gasteiger partial charge in [-0.2, -0.15) is 45.5 Å². The molecule has 0 saturated heterocycles. The first-order valence-corrected chi connectivity index (χ1v) is 17.4. The topological polar surface area (TPSA) is 150 Å². The highest BCUT2D eigenvalue weighted by Crippen LogP contribution is 2.50. The summed E-state index contributed by atoms with van der Waals surface area (Å²) in [5.41, 5.74) is -7.35. The van der Waals surface area contributed by atoms with Crippen molar-refractivity contribution in [2.45, 2.75) is 83.3 Å². The van der Waals surface area contributed by atoms with E-state index < -0.39 is 76.7 Å². The highest BCUT2D eigenvalue weighted by molar-refractivity contribution is 6.34. The fraction of sp³-hybridized carbons (Fsp3) is 0.571. The second-order valence-corrected chi connectivity index (χ2v) is 15.5. The van der Waals surface area contributed by atoms with E-state index in [1.54, 1.807) is 34.6 Å². The third-order valence-electron chi connectivity index (χ3n) is 8.52. The third kappa shape index (κ3) is 10.6. The summed E-state index contributed by atoms with van der Waals surface area (Å²) in [6.07, 6.45) is -11.8. The predicted octanol–water partition coefficient (Wildman–Crippen LogP) is 7.83. The maximum Gasteiger partial charge on any atom is 0.510 e. The molecule has 2 heterocycles. The number of amides is 1. The summed E-state index contributed by atoms with van der Waals surface area (Å²) in [7, 11) is 1.21. The number of nitrogens with zero attached hydrogens (tertiary/aromatic N) is 5. The molecule has 2 aliphatic rings. The van der Waals surface area contributed by atoms with Crippen molar-refractivity contribution in [1.29, 1.82) is 5.26 Å². The van der Waals surface area contributed by atoms with E-state index in [4.69, 9.17) is 30.5 Å². The minimum Gasteiger partial charge on any atom is -0.460 e. The molecule has 2 aromatic rings. The Balaban J connectivity index is 1.46. The van der Waals surface area contributed by atoms with Gasteiger partial charge in [0.15, 0.2) is 12.5 Å². The monoisotopic (exact) mass is 842 g/mol. The molecule has 13 nitrogen and oxygen atoms in total. The van der Waals surface area contributed by atoms with Crippen LogP contribution in [0, 0.1) is 16.7 Å². The zero-order valence-electron chi connectivity index (χ0n) is 31.5. The molecule has 1 aliphatic carbocycles. The Morgan fingerprint density at radius 1 is 1.02 bits per heavy atom. The molecular weight excluding hydrogens is 804 g/mol. The van der Waals surface area contributed by atoms with Gasteiger partial charge in [0.25, 0.3) is 5.91 Å². The van der Waals surface area contributed by atoms with Crippen molar-refractivity contribution in [3.8, 4) is 6.07 Å². The SMILES string of the molecule is CN1CC(c2ccc(Cl)c(C(=O)N(COC(=O)OCCOCC(C)(C)CC(=O)OC(C)(C)C)C3(C#N)CC3)c2)=CN1c1n[nH]c(C(F)(F)C(F)(F)F)c1C(F)(F)F. The van der Waals surface area contributed by atoms with Crippen LogP contribution in [0.3, 0.4) is 0 Å². The van der Waals surface area contributed by atoms with Gasteiger partial charge >= 0.3 is 30.4 Å². The molecule has 4 rings (SSSR count). The average molecular weight is 843 g/mol. The average Bonchev–Trinajstić information content (AvgIpc) is 3.54. The van der Waals surface area contributed by atoms with E-state index in [0.29, 0.717) is 5.01 Å². The number of aromatic nitrogens is 2. The molecule has 0 atom stereocenters. The molecule has 0 unspecified atom stereocenters. The molecule has 22 heteroatoms. The van der Waals surface area contributed by atoms with E-state index >= 15 is 0 Å². The van der Waals surface area contributed by atoms with E-state index in [1.807, 2.05) is 6.07 Å². The number of H-pyrrole nitrogens is 1. The van der Waals surface area contributed by atoms with E-state index in [-0.39, 0.29) is 67.4 Å². The molecule has 1 N–H and O–H groups in total. The molecule has 1 aliphatic heterocycles. The maximum atomic E-state index is 14.2. The molecule has 1 amide bonds. The number of carbonyl (C=O) groups is 3. The van der Waals surface area contributed by atoms with E-state index in [0.717, 1.165) is 16.1 Å². The summed E-state index contributed by atoms with van der Waals surface area (Å²) < 4.78 is 131. The summed E-state index contributed by atoms with van der Waals surface area (Å²) in [6, 6.07) is 5.88. The second kappa shape index (κ2) is 16.3. The molecule has 1 saturated carbocycles. The molecule has 0 bridgehead atoms. The first kappa shape index (κ1) is 45.0. The zero-order valence-corrected chi connectivity index (χ0v) is 32.2. The minimum atomic E-state index is -6.37. The van der Waals surface area contributed by atoms with E-state index in [9.17, 15) is 54.8 Å². The molecule has 1 aromatic heterocycles. The van der Waals surface area contributed by atoms with Gasteiger partial charge in [-0.1, -0.05) is 31.5 Å². The van der Waals surface area contributed by atoms with Crippen LogP contribution < -0.4 is 5.01 Å². The lowest BCUT2D eigenvalue weighted by molar-refractivity contribution is -0.292. The number of hydrogen-bond donors (Lipinski definition) is 1. The van der Waals surface area contributed by atoms with Gasteiger partial charge in [0, 0.05) is 19.8 Å². The van der Waals surface area contributed by atoms with Crippen LogP contribution in [0.5, 0.6) is 0 Å². The first-order valence-electron chi connectivity index (χ1n) is 17.1. The van der Waals surface area contributed by atoms with Crippen molar-refractivity contribution in [3.05, 3.63) is 51.8 Å². The number of carbonyl (C=O) groups excluding carboxylic acids is 3. The number of aromatic amines is 1. The van der Waals surface area contributed by atoms with E-state index in [2.05, 4.69) is 5.10 Å². The normalized spacial score (nSPS) is 16.2. The number of anilines is 1. The number of alkyl halides is 8. The van der Waals surface area contributed by atoms with Crippen molar-refractivity contribution in [3.63, 3.8) is 0 Å².